The number of rotatable bonds is 0. The van der Waals surface area contributed by atoms with Crippen LogP contribution in [0.1, 0.15) is 0 Å². The van der Waals surface area contributed by atoms with Crippen molar-refractivity contribution in [3.05, 3.63) is 0 Å². The first kappa shape index (κ1) is 72.1. The summed E-state index contributed by atoms with van der Waals surface area (Å²) in [6, 6.07) is 0. The zero-order valence-corrected chi connectivity index (χ0v) is 23.2. The van der Waals surface area contributed by atoms with Crippen LogP contribution in [0.2, 0.25) is 0 Å². The fourth-order valence-electron chi connectivity index (χ4n) is 0. The Balaban J connectivity index is -0.0000000238. The molecule has 0 rings (SSSR count). The van der Waals surface area contributed by atoms with Crippen LogP contribution in [0.4, 0.5) is 0 Å². The molecule has 0 aliphatic heterocycles. The molecule has 0 amide bonds. The maximum Gasteiger partial charge on any atom is 1.00 e. The minimum Gasteiger partial charge on any atom is -0.871 e. The van der Waals surface area contributed by atoms with Crippen molar-refractivity contribution in [2.24, 2.45) is 0 Å². The third-order valence-corrected chi connectivity index (χ3v) is 0. The Morgan fingerprint density at radius 3 is 0.211 bits per heavy atom. The van der Waals surface area contributed by atoms with E-state index >= 15 is 0 Å². The van der Waals surface area contributed by atoms with Crippen molar-refractivity contribution in [3.8, 4) is 0 Å². The summed E-state index contributed by atoms with van der Waals surface area (Å²) in [5, 5.41) is 196. The van der Waals surface area contributed by atoms with E-state index in [9.17, 15) is 0 Å². The molecule has 0 unspecified atom stereocenters. The predicted octanol–water partition coefficient (Wildman–Crippen LogP) is -25.7. The SMILES string of the molecule is OB(O)O.OB(O)O.OB(O)O.OB(O)O.OB(O)O.OB(O)O.OB(O)O.OB(O)O.[Na+].[Na+].[O-]B([O-])O. The van der Waals surface area contributed by atoms with Crippen LogP contribution in [0.3, 0.4) is 0 Å². The predicted molar refractivity (Wildman–Crippen MR) is 107 cm³/mol. The number of hydrogen-bond acceptors (Lipinski definition) is 27. The minimum atomic E-state index is -2.67. The molecule has 0 atom stereocenters. The van der Waals surface area contributed by atoms with Crippen molar-refractivity contribution < 1.29 is 195 Å². The van der Waals surface area contributed by atoms with Crippen LogP contribution in [-0.2, 0) is 0 Å². The maximum atomic E-state index is 8.53. The summed E-state index contributed by atoms with van der Waals surface area (Å²) in [7, 11) is -20.0. The van der Waals surface area contributed by atoms with E-state index in [2.05, 4.69) is 0 Å². The second-order valence-electron chi connectivity index (χ2n) is 3.08. The summed E-state index contributed by atoms with van der Waals surface area (Å²) in [4.78, 5) is 0. The van der Waals surface area contributed by atoms with E-state index in [1.165, 1.54) is 0 Å². The molecule has 0 spiro atoms. The summed E-state index contributed by atoms with van der Waals surface area (Å²) in [6.45, 7) is 0. The van der Waals surface area contributed by atoms with Crippen molar-refractivity contribution in [2.75, 3.05) is 0 Å². The van der Waals surface area contributed by atoms with Gasteiger partial charge in [-0.25, -0.2) is 0 Å². The Kier molecular flexibility index (Phi) is 126. The van der Waals surface area contributed by atoms with Gasteiger partial charge in [0, 0.05) is 0 Å². The molecule has 38 heteroatoms. The van der Waals surface area contributed by atoms with Crippen molar-refractivity contribution >= 4 is 65.9 Å². The third-order valence-electron chi connectivity index (χ3n) is 0. The molecule has 25 N–H and O–H groups in total. The Bertz CT molecular complexity index is 169. The fraction of sp³-hybridized carbons (Fsp3) is 0. The molecular weight excluding hydrogens is 575 g/mol. The molecule has 0 saturated carbocycles. The summed E-state index contributed by atoms with van der Waals surface area (Å²) in [5.41, 5.74) is 0. The largest absolute Gasteiger partial charge is 1.00 e. The quantitative estimate of drug-likeness (QED) is 0.115. The van der Waals surface area contributed by atoms with Crippen molar-refractivity contribution in [1.29, 1.82) is 0 Å². The molecule has 0 saturated heterocycles. The van der Waals surface area contributed by atoms with E-state index in [1.807, 2.05) is 0 Å². The molecule has 0 bridgehead atoms. The van der Waals surface area contributed by atoms with Gasteiger partial charge in [-0.2, -0.15) is 0 Å². The number of hydrogen-bond donors (Lipinski definition) is 25. The van der Waals surface area contributed by atoms with Gasteiger partial charge in [0.1, 0.15) is 0 Å². The van der Waals surface area contributed by atoms with E-state index in [0.29, 0.717) is 0 Å². The van der Waals surface area contributed by atoms with Gasteiger partial charge in [0.15, 0.2) is 0 Å². The van der Waals surface area contributed by atoms with Gasteiger partial charge in [0.2, 0.25) is 0 Å². The van der Waals surface area contributed by atoms with E-state index in [1.54, 1.807) is 0 Å². The Labute approximate surface area is 259 Å². The molecule has 0 aromatic rings. The summed E-state index contributed by atoms with van der Waals surface area (Å²) >= 11 is 0. The molecule has 216 valence electrons. The first-order valence-electron chi connectivity index (χ1n) is 6.93. The van der Waals surface area contributed by atoms with Gasteiger partial charge in [-0.15, -0.1) is 0 Å². The monoisotopic (exact) mass is 602 g/mol. The maximum absolute atomic E-state index is 8.53. The second kappa shape index (κ2) is 66.7. The molecule has 0 aliphatic rings. The van der Waals surface area contributed by atoms with Crippen LogP contribution < -0.4 is 69.2 Å². The van der Waals surface area contributed by atoms with E-state index in [-0.39, 0.29) is 59.1 Å². The summed E-state index contributed by atoms with van der Waals surface area (Å²) < 4.78 is 0. The molecule has 0 heterocycles. The zero-order valence-electron chi connectivity index (χ0n) is 19.2. The van der Waals surface area contributed by atoms with Crippen LogP contribution in [0.25, 0.3) is 0 Å². The van der Waals surface area contributed by atoms with Gasteiger partial charge in [-0.3, -0.25) is 0 Å². The molecule has 0 aromatic carbocycles. The van der Waals surface area contributed by atoms with Crippen LogP contribution in [0.5, 0.6) is 0 Å². The minimum absolute atomic E-state index is 0. The first-order chi connectivity index (χ1) is 15.6. The summed E-state index contributed by atoms with van der Waals surface area (Å²) in [6.07, 6.45) is 0. The smallest absolute Gasteiger partial charge is 0.871 e. The molecular formula is H25B9Na2O27. The van der Waals surface area contributed by atoms with Crippen LogP contribution in [0.15, 0.2) is 0 Å². The molecule has 0 radical (unpaired) electrons. The standard InChI is InChI=1S/8BH3O3.BHO3.2Na/c9*2-1(3)4;;/h8*2-4H;2H;;/q;;;;;;;;-2;2*+1. The van der Waals surface area contributed by atoms with Crippen molar-refractivity contribution in [3.63, 3.8) is 0 Å². The Morgan fingerprint density at radius 2 is 0.211 bits per heavy atom. The normalized spacial score (nSPS) is 6.39. The molecule has 27 nitrogen and oxygen atoms in total. The van der Waals surface area contributed by atoms with Gasteiger partial charge in [0.05, 0.1) is 7.32 Å². The average Bonchev–Trinajstić information content (AvgIpc) is 2.39. The van der Waals surface area contributed by atoms with Gasteiger partial charge < -0.3 is 136 Å². The van der Waals surface area contributed by atoms with Crippen LogP contribution in [-0.4, -0.2) is 191 Å². The van der Waals surface area contributed by atoms with E-state index in [4.69, 9.17) is 136 Å². The van der Waals surface area contributed by atoms with E-state index in [0.717, 1.165) is 0 Å². The molecule has 0 aromatic heterocycles. The molecule has 0 aliphatic carbocycles. The van der Waals surface area contributed by atoms with Crippen LogP contribution in [0, 0.1) is 0 Å². The Morgan fingerprint density at radius 1 is 0.211 bits per heavy atom. The Hall–Kier alpha value is 1.50. The summed E-state index contributed by atoms with van der Waals surface area (Å²) in [5.74, 6) is 0. The topological polar surface area (TPSA) is 552 Å². The molecule has 0 fully saturated rings. The van der Waals surface area contributed by atoms with Gasteiger partial charge in [-0.05, 0) is 0 Å². The van der Waals surface area contributed by atoms with E-state index < -0.39 is 65.9 Å². The second-order valence-corrected chi connectivity index (χ2v) is 3.08. The average molecular weight is 600 g/mol. The van der Waals surface area contributed by atoms with Crippen molar-refractivity contribution in [2.45, 2.75) is 0 Å². The molecule has 38 heavy (non-hydrogen) atoms. The zero-order chi connectivity index (χ0) is 32.2. The van der Waals surface area contributed by atoms with Gasteiger partial charge in [-0.1, -0.05) is 0 Å². The van der Waals surface area contributed by atoms with Gasteiger partial charge in [0.25, 0.3) is 0 Å². The first-order valence-corrected chi connectivity index (χ1v) is 6.93. The van der Waals surface area contributed by atoms with Crippen molar-refractivity contribution in [1.82, 2.24) is 0 Å². The third kappa shape index (κ3) is 22100. The van der Waals surface area contributed by atoms with Gasteiger partial charge >= 0.3 is 118 Å². The fourth-order valence-corrected chi connectivity index (χ4v) is 0. The van der Waals surface area contributed by atoms with Crippen LogP contribution >= 0.6 is 0 Å².